The number of anilines is 1. The van der Waals surface area contributed by atoms with E-state index in [2.05, 4.69) is 9.72 Å². The Hall–Kier alpha value is -1.62. The zero-order valence-corrected chi connectivity index (χ0v) is 8.30. The number of aromatic nitrogens is 1. The monoisotopic (exact) mass is 208 g/mol. The lowest BCUT2D eigenvalue weighted by molar-refractivity contribution is 0.0602. The maximum atomic E-state index is 11.3. The molecule has 2 aromatic heterocycles. The molecule has 0 radical (unpaired) electrons. The van der Waals surface area contributed by atoms with Gasteiger partial charge in [-0.1, -0.05) is 0 Å². The van der Waals surface area contributed by atoms with Crippen LogP contribution in [-0.4, -0.2) is 18.1 Å². The van der Waals surface area contributed by atoms with Crippen molar-refractivity contribution in [1.82, 2.24) is 4.98 Å². The third-order valence-corrected chi connectivity index (χ3v) is 2.86. The maximum Gasteiger partial charge on any atom is 0.340 e. The van der Waals surface area contributed by atoms with Gasteiger partial charge in [0.15, 0.2) is 0 Å². The van der Waals surface area contributed by atoms with Gasteiger partial charge in [0.05, 0.1) is 17.4 Å². The van der Waals surface area contributed by atoms with E-state index in [1.165, 1.54) is 24.6 Å². The minimum Gasteiger partial charge on any atom is -0.465 e. The molecule has 0 saturated heterocycles. The van der Waals surface area contributed by atoms with Gasteiger partial charge < -0.3 is 10.5 Å². The fourth-order valence-electron chi connectivity index (χ4n) is 1.25. The molecule has 2 N–H and O–H groups in total. The van der Waals surface area contributed by atoms with Crippen molar-refractivity contribution < 1.29 is 9.53 Å². The summed E-state index contributed by atoms with van der Waals surface area (Å²) < 4.78 is 5.47. The molecule has 0 atom stereocenters. The van der Waals surface area contributed by atoms with Gasteiger partial charge in [0.2, 0.25) is 0 Å². The molecule has 2 aromatic rings. The number of carbonyl (C=O) groups excluding carboxylic acids is 1. The molecule has 0 aliphatic rings. The van der Waals surface area contributed by atoms with Gasteiger partial charge in [0.1, 0.15) is 5.82 Å². The number of nitrogens with zero attached hydrogens (tertiary/aromatic N) is 1. The predicted octanol–water partition coefficient (Wildman–Crippen LogP) is 1.67. The molecule has 0 bridgehead atoms. The van der Waals surface area contributed by atoms with E-state index in [0.29, 0.717) is 11.4 Å². The quantitative estimate of drug-likeness (QED) is 0.724. The molecule has 0 amide bonds. The Balaban J connectivity index is 2.72. The van der Waals surface area contributed by atoms with Gasteiger partial charge in [-0.05, 0) is 11.4 Å². The molecule has 0 aliphatic heterocycles. The van der Waals surface area contributed by atoms with E-state index in [-0.39, 0.29) is 5.97 Å². The van der Waals surface area contributed by atoms with Crippen molar-refractivity contribution in [3.63, 3.8) is 0 Å². The largest absolute Gasteiger partial charge is 0.465 e. The summed E-state index contributed by atoms with van der Waals surface area (Å²) in [5.41, 5.74) is 6.11. The predicted molar refractivity (Wildman–Crippen MR) is 55.4 cm³/mol. The standard InChI is InChI=1S/C9H8N2O2S/c1-13-9(12)6-4-11-8(10)7-5(6)2-3-14-7/h2-4H,1H3,(H2,10,11). The van der Waals surface area contributed by atoms with E-state index in [0.717, 1.165) is 10.1 Å². The molecule has 0 unspecified atom stereocenters. The van der Waals surface area contributed by atoms with Crippen LogP contribution < -0.4 is 5.73 Å². The van der Waals surface area contributed by atoms with Crippen LogP contribution in [0.3, 0.4) is 0 Å². The molecule has 0 aliphatic carbocycles. The summed E-state index contributed by atoms with van der Waals surface area (Å²) in [6.07, 6.45) is 1.44. The van der Waals surface area contributed by atoms with Crippen LogP contribution in [0.5, 0.6) is 0 Å². The smallest absolute Gasteiger partial charge is 0.340 e. The molecule has 0 saturated carbocycles. The fraction of sp³-hybridized carbons (Fsp3) is 0.111. The van der Waals surface area contributed by atoms with Gasteiger partial charge in [0, 0.05) is 11.6 Å². The Bertz CT molecular complexity index is 493. The molecule has 4 nitrogen and oxygen atoms in total. The number of nitrogens with two attached hydrogens (primary N) is 1. The van der Waals surface area contributed by atoms with Crippen LogP contribution in [0.2, 0.25) is 0 Å². The number of methoxy groups -OCH3 is 1. The van der Waals surface area contributed by atoms with Crippen molar-refractivity contribution in [2.75, 3.05) is 12.8 Å². The molecule has 5 heteroatoms. The molecule has 0 aromatic carbocycles. The minimum absolute atomic E-state index is 0.388. The maximum absolute atomic E-state index is 11.3. The highest BCUT2D eigenvalue weighted by Gasteiger charge is 2.13. The number of fused-ring (bicyclic) bond motifs is 1. The Morgan fingerprint density at radius 2 is 2.43 bits per heavy atom. The third-order valence-electron chi connectivity index (χ3n) is 1.93. The highest BCUT2D eigenvalue weighted by molar-refractivity contribution is 7.17. The zero-order valence-electron chi connectivity index (χ0n) is 7.48. The van der Waals surface area contributed by atoms with E-state index in [1.54, 1.807) is 0 Å². The Morgan fingerprint density at radius 3 is 3.14 bits per heavy atom. The van der Waals surface area contributed by atoms with E-state index >= 15 is 0 Å². The molecule has 0 spiro atoms. The number of carbonyl (C=O) groups is 1. The Morgan fingerprint density at radius 1 is 1.64 bits per heavy atom. The second-order valence-corrected chi connectivity index (χ2v) is 3.63. The van der Waals surface area contributed by atoms with Gasteiger partial charge in [-0.15, -0.1) is 11.3 Å². The normalized spacial score (nSPS) is 10.4. The average Bonchev–Trinajstić information content (AvgIpc) is 2.67. The Labute approximate surface area is 84.3 Å². The summed E-state index contributed by atoms with van der Waals surface area (Å²) in [5, 5.41) is 2.67. The lowest BCUT2D eigenvalue weighted by Gasteiger charge is -2.01. The van der Waals surface area contributed by atoms with Crippen LogP contribution in [0.15, 0.2) is 17.6 Å². The summed E-state index contributed by atoms with van der Waals surface area (Å²) in [6, 6.07) is 1.84. The first-order chi connectivity index (χ1) is 6.74. The molecular formula is C9H8N2O2S. The lowest BCUT2D eigenvalue weighted by atomic mass is 10.2. The van der Waals surface area contributed by atoms with E-state index in [4.69, 9.17) is 5.73 Å². The molecule has 72 valence electrons. The van der Waals surface area contributed by atoms with Crippen molar-refractivity contribution in [3.8, 4) is 0 Å². The van der Waals surface area contributed by atoms with Crippen molar-refractivity contribution in [2.24, 2.45) is 0 Å². The molecule has 2 heterocycles. The first-order valence-corrected chi connectivity index (χ1v) is 4.82. The van der Waals surface area contributed by atoms with Crippen LogP contribution in [0.4, 0.5) is 5.82 Å². The van der Waals surface area contributed by atoms with E-state index in [1.807, 2.05) is 11.4 Å². The lowest BCUT2D eigenvalue weighted by Crippen LogP contribution is -2.03. The van der Waals surface area contributed by atoms with Crippen LogP contribution in [0.1, 0.15) is 10.4 Å². The first-order valence-electron chi connectivity index (χ1n) is 3.94. The summed E-state index contributed by atoms with van der Waals surface area (Å²) >= 11 is 1.46. The van der Waals surface area contributed by atoms with Crippen LogP contribution in [-0.2, 0) is 4.74 Å². The number of pyridine rings is 1. The van der Waals surface area contributed by atoms with Gasteiger partial charge in [0.25, 0.3) is 0 Å². The number of hydrogen-bond acceptors (Lipinski definition) is 5. The summed E-state index contributed by atoms with van der Waals surface area (Å²) in [4.78, 5) is 15.3. The van der Waals surface area contributed by atoms with Crippen LogP contribution in [0, 0.1) is 0 Å². The van der Waals surface area contributed by atoms with Crippen molar-refractivity contribution in [2.45, 2.75) is 0 Å². The Kier molecular flexibility index (Phi) is 2.09. The zero-order chi connectivity index (χ0) is 10.1. The highest BCUT2D eigenvalue weighted by Crippen LogP contribution is 2.28. The summed E-state index contributed by atoms with van der Waals surface area (Å²) in [6.45, 7) is 0. The second kappa shape index (κ2) is 3.26. The fourth-order valence-corrected chi connectivity index (χ4v) is 2.07. The highest BCUT2D eigenvalue weighted by atomic mass is 32.1. The van der Waals surface area contributed by atoms with E-state index in [9.17, 15) is 4.79 Å². The van der Waals surface area contributed by atoms with Crippen molar-refractivity contribution in [3.05, 3.63) is 23.2 Å². The number of ether oxygens (including phenoxy) is 1. The number of nitrogen functional groups attached to an aromatic ring is 1. The van der Waals surface area contributed by atoms with Gasteiger partial charge in [-0.2, -0.15) is 0 Å². The van der Waals surface area contributed by atoms with Crippen LogP contribution >= 0.6 is 11.3 Å². The number of hydrogen-bond donors (Lipinski definition) is 1. The number of thiophene rings is 1. The second-order valence-electron chi connectivity index (χ2n) is 2.71. The summed E-state index contributed by atoms with van der Waals surface area (Å²) in [7, 11) is 1.34. The number of rotatable bonds is 1. The topological polar surface area (TPSA) is 65.2 Å². The van der Waals surface area contributed by atoms with Crippen molar-refractivity contribution in [1.29, 1.82) is 0 Å². The molecule has 0 fully saturated rings. The minimum atomic E-state index is -0.388. The molecule has 2 rings (SSSR count). The molecular weight excluding hydrogens is 200 g/mol. The van der Waals surface area contributed by atoms with Gasteiger partial charge in [-0.25, -0.2) is 9.78 Å². The average molecular weight is 208 g/mol. The van der Waals surface area contributed by atoms with Crippen molar-refractivity contribution >= 4 is 33.2 Å². The number of esters is 1. The van der Waals surface area contributed by atoms with Gasteiger partial charge >= 0.3 is 5.97 Å². The molecule has 14 heavy (non-hydrogen) atoms. The van der Waals surface area contributed by atoms with Gasteiger partial charge in [-0.3, -0.25) is 0 Å². The third kappa shape index (κ3) is 1.22. The van der Waals surface area contributed by atoms with E-state index < -0.39 is 0 Å². The summed E-state index contributed by atoms with van der Waals surface area (Å²) in [5.74, 6) is 0.0588. The van der Waals surface area contributed by atoms with Crippen LogP contribution in [0.25, 0.3) is 10.1 Å². The first kappa shape index (κ1) is 8.96. The SMILES string of the molecule is COC(=O)c1cnc(N)c2sccc12.